The second-order valence-corrected chi connectivity index (χ2v) is 10.1. The molecule has 0 bridgehead atoms. The average Bonchev–Trinajstić information content (AvgIpc) is 3.41. The summed E-state index contributed by atoms with van der Waals surface area (Å²) in [4.78, 5) is 41.9. The molecule has 0 aliphatic heterocycles. The van der Waals surface area contributed by atoms with E-state index in [1.54, 1.807) is 66.0 Å². The summed E-state index contributed by atoms with van der Waals surface area (Å²) in [6.07, 6.45) is 0.681. The van der Waals surface area contributed by atoms with Crippen LogP contribution in [0.5, 0.6) is 5.75 Å². The number of methoxy groups -OCH3 is 1. The van der Waals surface area contributed by atoms with Crippen LogP contribution >= 0.6 is 22.9 Å². The molecule has 3 amide bonds. The van der Waals surface area contributed by atoms with Crippen molar-refractivity contribution < 1.29 is 19.1 Å². The number of rotatable bonds is 10. The Balaban J connectivity index is 2.07. The number of hydrogen-bond acceptors (Lipinski definition) is 5. The van der Waals surface area contributed by atoms with Crippen LogP contribution in [0.15, 0.2) is 66.0 Å². The van der Waals surface area contributed by atoms with Crippen LogP contribution in [0.4, 0.5) is 5.69 Å². The van der Waals surface area contributed by atoms with E-state index in [1.807, 2.05) is 20.8 Å². The SMILES string of the molecule is CCC(C)(C)NC(=O)[C@@H](c1cccc(OC)c1)N(C(=O)CNC(=O)c1cccs1)c1ccccc1Cl. The molecule has 0 unspecified atom stereocenters. The van der Waals surface area contributed by atoms with Gasteiger partial charge in [-0.3, -0.25) is 19.3 Å². The standard InChI is InChI=1S/C27H30ClN3O4S/c1-5-27(2,3)30-26(34)24(18-10-8-11-19(16-18)35-4)31(21-13-7-6-12-20(21)28)23(32)17-29-25(33)22-14-9-15-36-22/h6-16,24H,5,17H2,1-4H3,(H,29,33)(H,30,34)/t24-/m1/s1. The molecule has 0 spiro atoms. The largest absolute Gasteiger partial charge is 0.497 e. The topological polar surface area (TPSA) is 87.7 Å². The summed E-state index contributed by atoms with van der Waals surface area (Å²) in [5.41, 5.74) is 0.375. The molecule has 0 aliphatic rings. The van der Waals surface area contributed by atoms with Gasteiger partial charge in [-0.1, -0.05) is 48.9 Å². The number of ether oxygens (including phenoxy) is 1. The first-order chi connectivity index (χ1) is 17.2. The summed E-state index contributed by atoms with van der Waals surface area (Å²) < 4.78 is 5.38. The molecule has 7 nitrogen and oxygen atoms in total. The first-order valence-corrected chi connectivity index (χ1v) is 12.8. The van der Waals surface area contributed by atoms with Crippen LogP contribution in [0.25, 0.3) is 0 Å². The molecule has 0 fully saturated rings. The lowest BCUT2D eigenvalue weighted by Gasteiger charge is -2.35. The zero-order valence-corrected chi connectivity index (χ0v) is 22.3. The summed E-state index contributed by atoms with van der Waals surface area (Å²) in [5, 5.41) is 7.79. The van der Waals surface area contributed by atoms with E-state index in [0.29, 0.717) is 33.3 Å². The van der Waals surface area contributed by atoms with Gasteiger partial charge in [0, 0.05) is 5.54 Å². The normalized spacial score (nSPS) is 11.9. The number of anilines is 1. The van der Waals surface area contributed by atoms with E-state index in [0.717, 1.165) is 0 Å². The van der Waals surface area contributed by atoms with Crippen molar-refractivity contribution in [2.45, 2.75) is 38.8 Å². The van der Waals surface area contributed by atoms with Gasteiger partial charge in [-0.15, -0.1) is 11.3 Å². The predicted molar refractivity (Wildman–Crippen MR) is 144 cm³/mol. The molecule has 1 aromatic heterocycles. The van der Waals surface area contributed by atoms with Crippen LogP contribution in [0.3, 0.4) is 0 Å². The number of amides is 3. The van der Waals surface area contributed by atoms with E-state index in [-0.39, 0.29) is 18.4 Å². The monoisotopic (exact) mass is 527 g/mol. The number of thiophene rings is 1. The zero-order valence-electron chi connectivity index (χ0n) is 20.7. The Morgan fingerprint density at radius 2 is 1.83 bits per heavy atom. The van der Waals surface area contributed by atoms with Gasteiger partial charge in [0.15, 0.2) is 0 Å². The molecule has 0 aliphatic carbocycles. The second kappa shape index (κ2) is 12.1. The lowest BCUT2D eigenvalue weighted by Crippen LogP contribution is -2.52. The number of para-hydroxylation sites is 1. The minimum Gasteiger partial charge on any atom is -0.497 e. The maximum absolute atomic E-state index is 13.8. The number of carbonyl (C=O) groups is 3. The highest BCUT2D eigenvalue weighted by Crippen LogP contribution is 2.34. The smallest absolute Gasteiger partial charge is 0.261 e. The molecule has 3 rings (SSSR count). The Hall–Kier alpha value is -3.36. The molecule has 0 saturated carbocycles. The molecule has 0 radical (unpaired) electrons. The Morgan fingerprint density at radius 1 is 1.08 bits per heavy atom. The number of halogens is 1. The Kier molecular flexibility index (Phi) is 9.12. The molecule has 2 aromatic carbocycles. The Labute approximate surface area is 220 Å². The van der Waals surface area contributed by atoms with E-state index in [1.165, 1.54) is 23.3 Å². The number of carbonyl (C=O) groups excluding carboxylic acids is 3. The van der Waals surface area contributed by atoms with Crippen LogP contribution in [0, 0.1) is 0 Å². The minimum atomic E-state index is -1.07. The molecular formula is C27H30ClN3O4S. The van der Waals surface area contributed by atoms with Gasteiger partial charge < -0.3 is 15.4 Å². The summed E-state index contributed by atoms with van der Waals surface area (Å²) in [5.74, 6) is -0.706. The van der Waals surface area contributed by atoms with Crippen molar-refractivity contribution in [1.29, 1.82) is 0 Å². The van der Waals surface area contributed by atoms with E-state index in [2.05, 4.69) is 10.6 Å². The molecule has 36 heavy (non-hydrogen) atoms. The number of nitrogens with zero attached hydrogens (tertiary/aromatic N) is 1. The van der Waals surface area contributed by atoms with Crippen molar-refractivity contribution >= 4 is 46.3 Å². The van der Waals surface area contributed by atoms with Crippen LogP contribution in [-0.4, -0.2) is 36.9 Å². The minimum absolute atomic E-state index is 0.297. The summed E-state index contributed by atoms with van der Waals surface area (Å²) in [6.45, 7) is 5.47. The first kappa shape index (κ1) is 27.2. The van der Waals surface area contributed by atoms with E-state index in [9.17, 15) is 14.4 Å². The third-order valence-corrected chi connectivity index (χ3v) is 6.98. The second-order valence-electron chi connectivity index (χ2n) is 8.78. The van der Waals surface area contributed by atoms with Crippen LogP contribution in [0.2, 0.25) is 5.02 Å². The van der Waals surface area contributed by atoms with Gasteiger partial charge in [0.2, 0.25) is 11.8 Å². The highest BCUT2D eigenvalue weighted by Gasteiger charge is 2.36. The highest BCUT2D eigenvalue weighted by molar-refractivity contribution is 7.12. The molecule has 2 N–H and O–H groups in total. The molecule has 0 saturated heterocycles. The number of nitrogens with one attached hydrogen (secondary N) is 2. The molecular weight excluding hydrogens is 498 g/mol. The fraction of sp³-hybridized carbons (Fsp3) is 0.296. The van der Waals surface area contributed by atoms with Crippen LogP contribution in [0.1, 0.15) is 48.5 Å². The predicted octanol–water partition coefficient (Wildman–Crippen LogP) is 5.22. The number of hydrogen-bond donors (Lipinski definition) is 2. The maximum atomic E-state index is 13.8. The van der Waals surface area contributed by atoms with Crippen molar-refractivity contribution in [1.82, 2.24) is 10.6 Å². The lowest BCUT2D eigenvalue weighted by atomic mass is 9.98. The quantitative estimate of drug-likeness (QED) is 0.378. The third-order valence-electron chi connectivity index (χ3n) is 5.79. The van der Waals surface area contributed by atoms with E-state index in [4.69, 9.17) is 16.3 Å². The van der Waals surface area contributed by atoms with Gasteiger partial charge in [0.1, 0.15) is 11.8 Å². The zero-order chi connectivity index (χ0) is 26.3. The van der Waals surface area contributed by atoms with Crippen molar-refractivity contribution in [3.8, 4) is 5.75 Å². The van der Waals surface area contributed by atoms with Crippen molar-refractivity contribution in [3.05, 3.63) is 81.5 Å². The number of benzene rings is 2. The van der Waals surface area contributed by atoms with Crippen molar-refractivity contribution in [2.75, 3.05) is 18.6 Å². The Morgan fingerprint density at radius 3 is 2.47 bits per heavy atom. The van der Waals surface area contributed by atoms with E-state index >= 15 is 0 Å². The molecule has 3 aromatic rings. The molecule has 1 atom stereocenters. The first-order valence-electron chi connectivity index (χ1n) is 11.5. The molecule has 9 heteroatoms. The van der Waals surface area contributed by atoms with Crippen LogP contribution < -0.4 is 20.3 Å². The van der Waals surface area contributed by atoms with Gasteiger partial charge in [-0.05, 0) is 61.5 Å². The Bertz CT molecular complexity index is 1210. The van der Waals surface area contributed by atoms with Gasteiger partial charge in [-0.2, -0.15) is 0 Å². The summed E-state index contributed by atoms with van der Waals surface area (Å²) in [7, 11) is 1.53. The van der Waals surface area contributed by atoms with Crippen molar-refractivity contribution in [3.63, 3.8) is 0 Å². The third kappa shape index (κ3) is 6.65. The van der Waals surface area contributed by atoms with Crippen LogP contribution in [-0.2, 0) is 9.59 Å². The fourth-order valence-corrected chi connectivity index (χ4v) is 4.39. The average molecular weight is 528 g/mol. The fourth-order valence-electron chi connectivity index (χ4n) is 3.52. The van der Waals surface area contributed by atoms with Gasteiger partial charge in [-0.25, -0.2) is 0 Å². The summed E-state index contributed by atoms with van der Waals surface area (Å²) in [6, 6.07) is 16.2. The van der Waals surface area contributed by atoms with Crippen molar-refractivity contribution in [2.24, 2.45) is 0 Å². The lowest BCUT2D eigenvalue weighted by molar-refractivity contribution is -0.127. The van der Waals surface area contributed by atoms with Gasteiger partial charge >= 0.3 is 0 Å². The highest BCUT2D eigenvalue weighted by atomic mass is 35.5. The van der Waals surface area contributed by atoms with Gasteiger partial charge in [0.05, 0.1) is 29.2 Å². The maximum Gasteiger partial charge on any atom is 0.261 e. The molecule has 190 valence electrons. The van der Waals surface area contributed by atoms with Gasteiger partial charge in [0.25, 0.3) is 5.91 Å². The van der Waals surface area contributed by atoms with E-state index < -0.39 is 17.5 Å². The molecule has 1 heterocycles. The summed E-state index contributed by atoms with van der Waals surface area (Å²) >= 11 is 7.80.